The highest BCUT2D eigenvalue weighted by Gasteiger charge is 2.03. The van der Waals surface area contributed by atoms with Crippen LogP contribution >= 0.6 is 11.3 Å². The normalized spacial score (nSPS) is 10.4. The van der Waals surface area contributed by atoms with Crippen LogP contribution in [0.1, 0.15) is 10.6 Å². The molecular formula is C10H12N4S. The number of nitrogens with zero attached hydrogens (tertiary/aromatic N) is 2. The fourth-order valence-corrected chi connectivity index (χ4v) is 1.98. The van der Waals surface area contributed by atoms with Crippen molar-refractivity contribution in [3.63, 3.8) is 0 Å². The van der Waals surface area contributed by atoms with Crippen LogP contribution in [-0.4, -0.2) is 10.2 Å². The molecule has 1 aromatic carbocycles. The molecule has 0 aliphatic carbocycles. The van der Waals surface area contributed by atoms with Gasteiger partial charge in [0.05, 0.1) is 0 Å². The second-order valence-electron chi connectivity index (χ2n) is 3.23. The lowest BCUT2D eigenvalue weighted by atomic mass is 10.1. The minimum absolute atomic E-state index is 0.519. The predicted molar refractivity (Wildman–Crippen MR) is 62.6 cm³/mol. The van der Waals surface area contributed by atoms with Gasteiger partial charge in [0.15, 0.2) is 0 Å². The summed E-state index contributed by atoms with van der Waals surface area (Å²) in [6.45, 7) is 0. The van der Waals surface area contributed by atoms with Crippen LogP contribution in [-0.2, 0) is 12.8 Å². The van der Waals surface area contributed by atoms with Crippen LogP contribution in [0.2, 0.25) is 0 Å². The number of rotatable bonds is 3. The maximum Gasteiger partial charge on any atom is 0.203 e. The molecule has 0 radical (unpaired) electrons. The van der Waals surface area contributed by atoms with E-state index in [1.807, 2.05) is 24.3 Å². The van der Waals surface area contributed by atoms with Crippen molar-refractivity contribution in [3.8, 4) is 0 Å². The number of hydrogen-bond donors (Lipinski definition) is 2. The van der Waals surface area contributed by atoms with Crippen LogP contribution in [0.3, 0.4) is 0 Å². The van der Waals surface area contributed by atoms with Gasteiger partial charge in [-0.1, -0.05) is 29.5 Å². The number of benzene rings is 1. The second-order valence-corrected chi connectivity index (χ2v) is 4.33. The zero-order valence-corrected chi connectivity index (χ0v) is 9.00. The molecule has 2 rings (SSSR count). The van der Waals surface area contributed by atoms with Crippen molar-refractivity contribution in [2.45, 2.75) is 12.8 Å². The third-order valence-electron chi connectivity index (χ3n) is 2.15. The molecule has 4 nitrogen and oxygen atoms in total. The highest BCUT2D eigenvalue weighted by Crippen LogP contribution is 2.16. The topological polar surface area (TPSA) is 77.8 Å². The van der Waals surface area contributed by atoms with Gasteiger partial charge in [0.1, 0.15) is 5.01 Å². The van der Waals surface area contributed by atoms with Gasteiger partial charge >= 0.3 is 0 Å². The molecule has 15 heavy (non-hydrogen) atoms. The van der Waals surface area contributed by atoms with Gasteiger partial charge < -0.3 is 11.5 Å². The van der Waals surface area contributed by atoms with E-state index < -0.39 is 0 Å². The minimum atomic E-state index is 0.519. The van der Waals surface area contributed by atoms with E-state index in [0.717, 1.165) is 29.1 Å². The molecule has 0 fully saturated rings. The van der Waals surface area contributed by atoms with Gasteiger partial charge in [-0.15, -0.1) is 10.2 Å². The first-order chi connectivity index (χ1) is 7.25. The summed E-state index contributed by atoms with van der Waals surface area (Å²) in [4.78, 5) is 0. The molecule has 0 unspecified atom stereocenters. The smallest absolute Gasteiger partial charge is 0.203 e. The quantitative estimate of drug-likeness (QED) is 0.768. The van der Waals surface area contributed by atoms with Crippen LogP contribution in [0.4, 0.5) is 10.8 Å². The number of hydrogen-bond acceptors (Lipinski definition) is 5. The van der Waals surface area contributed by atoms with Crippen molar-refractivity contribution in [2.24, 2.45) is 0 Å². The van der Waals surface area contributed by atoms with E-state index in [4.69, 9.17) is 11.5 Å². The van der Waals surface area contributed by atoms with E-state index >= 15 is 0 Å². The van der Waals surface area contributed by atoms with Crippen LogP contribution in [0.5, 0.6) is 0 Å². The van der Waals surface area contributed by atoms with Gasteiger partial charge in [0, 0.05) is 12.1 Å². The molecule has 1 heterocycles. The molecule has 0 amide bonds. The monoisotopic (exact) mass is 220 g/mol. The Labute approximate surface area is 91.9 Å². The number of aromatic nitrogens is 2. The number of nitrogen functional groups attached to an aromatic ring is 2. The van der Waals surface area contributed by atoms with Crippen molar-refractivity contribution in [1.82, 2.24) is 10.2 Å². The Balaban J connectivity index is 2.02. The van der Waals surface area contributed by atoms with Crippen molar-refractivity contribution in [3.05, 3.63) is 34.8 Å². The Kier molecular flexibility index (Phi) is 2.82. The van der Waals surface area contributed by atoms with E-state index in [1.54, 1.807) is 0 Å². The first-order valence-electron chi connectivity index (χ1n) is 4.67. The van der Waals surface area contributed by atoms with Gasteiger partial charge in [-0.3, -0.25) is 0 Å². The van der Waals surface area contributed by atoms with E-state index in [-0.39, 0.29) is 0 Å². The first-order valence-corrected chi connectivity index (χ1v) is 5.48. The van der Waals surface area contributed by atoms with Crippen LogP contribution in [0.25, 0.3) is 0 Å². The van der Waals surface area contributed by atoms with Crippen molar-refractivity contribution < 1.29 is 0 Å². The number of aryl methyl sites for hydroxylation is 2. The lowest BCUT2D eigenvalue weighted by molar-refractivity contribution is 0.907. The van der Waals surface area contributed by atoms with Gasteiger partial charge in [-0.05, 0) is 18.1 Å². The average molecular weight is 220 g/mol. The Morgan fingerprint density at radius 2 is 1.87 bits per heavy atom. The highest BCUT2D eigenvalue weighted by atomic mass is 32.1. The molecule has 0 saturated heterocycles. The summed E-state index contributed by atoms with van der Waals surface area (Å²) in [6.07, 6.45) is 1.71. The molecule has 0 spiro atoms. The molecule has 0 aliphatic heterocycles. The van der Waals surface area contributed by atoms with Crippen molar-refractivity contribution in [1.29, 1.82) is 0 Å². The summed E-state index contributed by atoms with van der Waals surface area (Å²) in [5.41, 5.74) is 13.3. The first kappa shape index (κ1) is 9.92. The molecule has 1 aromatic heterocycles. The Hall–Kier alpha value is -1.62. The molecular weight excluding hydrogens is 208 g/mol. The van der Waals surface area contributed by atoms with Crippen molar-refractivity contribution in [2.75, 3.05) is 11.5 Å². The Morgan fingerprint density at radius 3 is 2.53 bits per heavy atom. The summed E-state index contributed by atoms with van der Waals surface area (Å²) in [7, 11) is 0. The fourth-order valence-electron chi connectivity index (χ4n) is 1.37. The molecule has 0 aliphatic rings. The van der Waals surface area contributed by atoms with Gasteiger partial charge in [0.25, 0.3) is 0 Å². The molecule has 78 valence electrons. The minimum Gasteiger partial charge on any atom is -0.399 e. The van der Waals surface area contributed by atoms with E-state index in [2.05, 4.69) is 10.2 Å². The summed E-state index contributed by atoms with van der Waals surface area (Å²) < 4.78 is 0. The van der Waals surface area contributed by atoms with Gasteiger partial charge in [-0.2, -0.15) is 0 Å². The molecule has 2 aromatic rings. The molecule has 0 saturated carbocycles. The van der Waals surface area contributed by atoms with E-state index in [0.29, 0.717) is 5.13 Å². The largest absolute Gasteiger partial charge is 0.399 e. The summed E-state index contributed by atoms with van der Waals surface area (Å²) in [5, 5.41) is 9.20. The predicted octanol–water partition coefficient (Wildman–Crippen LogP) is 1.49. The number of para-hydroxylation sites is 1. The maximum atomic E-state index is 5.83. The van der Waals surface area contributed by atoms with Gasteiger partial charge in [-0.25, -0.2) is 0 Å². The zero-order valence-electron chi connectivity index (χ0n) is 8.18. The third-order valence-corrected chi connectivity index (χ3v) is 2.96. The molecule has 0 bridgehead atoms. The lowest BCUT2D eigenvalue weighted by Crippen LogP contribution is -1.96. The average Bonchev–Trinajstić information content (AvgIpc) is 2.63. The van der Waals surface area contributed by atoms with Crippen LogP contribution < -0.4 is 11.5 Å². The van der Waals surface area contributed by atoms with Gasteiger partial charge in [0.2, 0.25) is 5.13 Å². The summed E-state index contributed by atoms with van der Waals surface area (Å²) >= 11 is 1.43. The van der Waals surface area contributed by atoms with E-state index in [9.17, 15) is 0 Å². The number of nitrogens with two attached hydrogens (primary N) is 2. The van der Waals surface area contributed by atoms with Crippen molar-refractivity contribution >= 4 is 22.2 Å². The summed E-state index contributed by atoms with van der Waals surface area (Å²) in [6, 6.07) is 7.85. The molecule has 5 heteroatoms. The zero-order chi connectivity index (χ0) is 10.7. The highest BCUT2D eigenvalue weighted by molar-refractivity contribution is 7.15. The molecule has 0 atom stereocenters. The van der Waals surface area contributed by atoms with E-state index in [1.165, 1.54) is 11.3 Å². The SMILES string of the molecule is Nc1nnc(CCc2ccccc2N)s1. The molecule has 4 N–H and O–H groups in total. The summed E-state index contributed by atoms with van der Waals surface area (Å²) in [5.74, 6) is 0. The van der Waals surface area contributed by atoms with Crippen LogP contribution in [0.15, 0.2) is 24.3 Å². The Morgan fingerprint density at radius 1 is 1.07 bits per heavy atom. The fraction of sp³-hybridized carbons (Fsp3) is 0.200. The van der Waals surface area contributed by atoms with Crippen LogP contribution in [0, 0.1) is 0 Å². The lowest BCUT2D eigenvalue weighted by Gasteiger charge is -2.02. The third kappa shape index (κ3) is 2.44. The maximum absolute atomic E-state index is 5.83. The number of anilines is 2. The standard InChI is InChI=1S/C10H12N4S/c11-8-4-2-1-3-7(8)5-6-9-13-14-10(12)15-9/h1-4H,5-6,11H2,(H2,12,14). The second kappa shape index (κ2) is 4.27. The Bertz CT molecular complexity index is 452.